The number of H-pyrrole nitrogens is 1. The van der Waals surface area contributed by atoms with Crippen molar-refractivity contribution < 1.29 is 4.79 Å². The molecule has 9 heteroatoms. The molecule has 0 unspecified atom stereocenters. The number of nitrogens with zero attached hydrogens (tertiary/aromatic N) is 4. The molecule has 1 aliphatic heterocycles. The van der Waals surface area contributed by atoms with Gasteiger partial charge in [0, 0.05) is 22.0 Å². The summed E-state index contributed by atoms with van der Waals surface area (Å²) in [6.45, 7) is 0. The minimum atomic E-state index is -0.244. The van der Waals surface area contributed by atoms with Crippen LogP contribution in [0.2, 0.25) is 0 Å². The summed E-state index contributed by atoms with van der Waals surface area (Å²) >= 11 is 6.14. The second kappa shape index (κ2) is 8.45. The van der Waals surface area contributed by atoms with E-state index in [1.54, 1.807) is 0 Å². The number of para-hydroxylation sites is 1. The van der Waals surface area contributed by atoms with Gasteiger partial charge in [0.1, 0.15) is 16.7 Å². The number of hydrogen-bond acceptors (Lipinski definition) is 7. The Labute approximate surface area is 184 Å². The number of Topliss-reactive ketones (excluding diaryl/α,β-unsaturated/α-hetero) is 1. The highest BCUT2D eigenvalue weighted by molar-refractivity contribution is 9.10. The van der Waals surface area contributed by atoms with Crippen molar-refractivity contribution in [2.24, 2.45) is 0 Å². The fourth-order valence-electron chi connectivity index (χ4n) is 2.84. The number of carbonyl (C=O) groups excluding carboxylic acids is 1. The molecule has 0 fully saturated rings. The van der Waals surface area contributed by atoms with E-state index in [-0.39, 0.29) is 17.1 Å². The molecule has 0 aliphatic carbocycles. The number of anilines is 1. The first-order valence-electron chi connectivity index (χ1n) is 8.56. The quantitative estimate of drug-likeness (QED) is 0.314. The summed E-state index contributed by atoms with van der Waals surface area (Å²) in [7, 11) is 1.87. The molecule has 1 aliphatic rings. The van der Waals surface area contributed by atoms with Crippen LogP contribution in [-0.2, 0) is 4.79 Å². The summed E-state index contributed by atoms with van der Waals surface area (Å²) in [6.07, 6.45) is 0. The second-order valence-electron chi connectivity index (χ2n) is 6.08. The molecule has 0 radical (unpaired) electrons. The molecule has 0 bridgehead atoms. The Hall–Kier alpha value is -2.54. The molecule has 2 aromatic carbocycles. The summed E-state index contributed by atoms with van der Waals surface area (Å²) in [4.78, 5) is 20.1. The number of aromatic amines is 1. The lowest BCUT2D eigenvalue weighted by Gasteiger charge is -2.14. The lowest BCUT2D eigenvalue weighted by atomic mass is 10.2. The van der Waals surface area contributed by atoms with Crippen molar-refractivity contribution in [2.75, 3.05) is 17.7 Å². The minimum absolute atomic E-state index is 0.0877. The number of benzene rings is 2. The van der Waals surface area contributed by atoms with Gasteiger partial charge in [-0.3, -0.25) is 9.89 Å². The number of allylic oxidation sites excluding steroid dienone is 1. The van der Waals surface area contributed by atoms with E-state index in [2.05, 4.69) is 37.2 Å². The maximum atomic E-state index is 12.7. The van der Waals surface area contributed by atoms with E-state index < -0.39 is 0 Å². The van der Waals surface area contributed by atoms with Crippen LogP contribution in [-0.4, -0.2) is 33.8 Å². The van der Waals surface area contributed by atoms with Gasteiger partial charge in [0.15, 0.2) is 11.6 Å². The number of hydrogen-bond donors (Lipinski definition) is 1. The summed E-state index contributed by atoms with van der Waals surface area (Å²) in [5, 5.41) is 17.8. The highest BCUT2D eigenvalue weighted by Gasteiger charge is 2.28. The predicted molar refractivity (Wildman–Crippen MR) is 119 cm³/mol. The highest BCUT2D eigenvalue weighted by atomic mass is 79.9. The van der Waals surface area contributed by atoms with Crippen LogP contribution >= 0.6 is 39.5 Å². The molecule has 29 heavy (non-hydrogen) atoms. The maximum absolute atomic E-state index is 12.7. The molecule has 0 amide bonds. The first-order valence-corrected chi connectivity index (χ1v) is 11.2. The Morgan fingerprint density at radius 3 is 2.79 bits per heavy atom. The molecule has 0 saturated carbocycles. The third kappa shape index (κ3) is 3.96. The zero-order valence-electron chi connectivity index (χ0n) is 15.2. The summed E-state index contributed by atoms with van der Waals surface area (Å²) in [6, 6.07) is 17.6. The van der Waals surface area contributed by atoms with Gasteiger partial charge in [-0.15, -0.1) is 5.10 Å². The van der Waals surface area contributed by atoms with Gasteiger partial charge >= 0.3 is 0 Å². The molecule has 2 heterocycles. The lowest BCUT2D eigenvalue weighted by molar-refractivity contribution is -0.112. The summed E-state index contributed by atoms with van der Waals surface area (Å²) < 4.78 is 0.904. The maximum Gasteiger partial charge on any atom is 0.209 e. The Morgan fingerprint density at radius 2 is 2.03 bits per heavy atom. The SMILES string of the molecule is CN1/C(=C(\C#N)C(=O)CSc2n[nH]c(-c3ccccc3Br)n2)Sc2ccccc21. The van der Waals surface area contributed by atoms with Crippen molar-refractivity contribution in [3.63, 3.8) is 0 Å². The Morgan fingerprint density at radius 1 is 1.28 bits per heavy atom. The van der Waals surface area contributed by atoms with E-state index in [4.69, 9.17) is 0 Å². The summed E-state index contributed by atoms with van der Waals surface area (Å²) in [5.41, 5.74) is 2.04. The molecule has 144 valence electrons. The molecule has 3 aromatic rings. The monoisotopic (exact) mass is 483 g/mol. The first-order chi connectivity index (χ1) is 14.1. The van der Waals surface area contributed by atoms with Gasteiger partial charge in [0.25, 0.3) is 0 Å². The molecule has 4 rings (SSSR count). The normalized spacial score (nSPS) is 14.4. The highest BCUT2D eigenvalue weighted by Crippen LogP contribution is 2.46. The van der Waals surface area contributed by atoms with Crippen LogP contribution in [0.5, 0.6) is 0 Å². The van der Waals surface area contributed by atoms with Crippen LogP contribution in [0.4, 0.5) is 5.69 Å². The average molecular weight is 484 g/mol. The van der Waals surface area contributed by atoms with E-state index in [1.165, 1.54) is 23.5 Å². The molecule has 6 nitrogen and oxygen atoms in total. The van der Waals surface area contributed by atoms with E-state index in [9.17, 15) is 10.1 Å². The Balaban J connectivity index is 1.49. The number of nitrogens with one attached hydrogen (secondary N) is 1. The van der Waals surface area contributed by atoms with E-state index in [0.717, 1.165) is 20.6 Å². The zero-order chi connectivity index (χ0) is 20.4. The number of fused-ring (bicyclic) bond motifs is 1. The van der Waals surface area contributed by atoms with Gasteiger partial charge in [-0.05, 0) is 18.2 Å². The van der Waals surface area contributed by atoms with Crippen molar-refractivity contribution in [1.82, 2.24) is 15.2 Å². The topological polar surface area (TPSA) is 85.7 Å². The summed E-state index contributed by atoms with van der Waals surface area (Å²) in [5.74, 6) is 0.462. The molecule has 0 atom stereocenters. The van der Waals surface area contributed by atoms with Crippen LogP contribution in [0, 0.1) is 11.3 Å². The smallest absolute Gasteiger partial charge is 0.209 e. The van der Waals surface area contributed by atoms with E-state index >= 15 is 0 Å². The van der Waals surface area contributed by atoms with Crippen molar-refractivity contribution >= 4 is 50.9 Å². The van der Waals surface area contributed by atoms with Gasteiger partial charge in [0.2, 0.25) is 5.16 Å². The van der Waals surface area contributed by atoms with E-state index in [1.807, 2.05) is 60.5 Å². The molecular formula is C20H14BrN5OS2. The Bertz CT molecular complexity index is 1170. The fraction of sp³-hybridized carbons (Fsp3) is 0.100. The molecule has 1 N–H and O–H groups in total. The van der Waals surface area contributed by atoms with Crippen LogP contribution in [0.25, 0.3) is 11.4 Å². The number of halogens is 1. The fourth-order valence-corrected chi connectivity index (χ4v) is 5.14. The second-order valence-corrected chi connectivity index (χ2v) is 8.91. The molecule has 0 saturated heterocycles. The largest absolute Gasteiger partial charge is 0.337 e. The van der Waals surface area contributed by atoms with Gasteiger partial charge < -0.3 is 4.90 Å². The van der Waals surface area contributed by atoms with Gasteiger partial charge in [-0.25, -0.2) is 4.98 Å². The van der Waals surface area contributed by atoms with Crippen LogP contribution < -0.4 is 4.90 Å². The third-order valence-electron chi connectivity index (χ3n) is 4.27. The number of rotatable bonds is 5. The number of aromatic nitrogens is 3. The number of thioether (sulfide) groups is 2. The van der Waals surface area contributed by atoms with Crippen LogP contribution in [0.3, 0.4) is 0 Å². The number of ketones is 1. The van der Waals surface area contributed by atoms with Crippen molar-refractivity contribution in [3.05, 3.63) is 63.6 Å². The number of carbonyl (C=O) groups is 1. The van der Waals surface area contributed by atoms with Gasteiger partial charge in [-0.1, -0.05) is 69.8 Å². The number of nitriles is 1. The van der Waals surface area contributed by atoms with Crippen molar-refractivity contribution in [2.45, 2.75) is 10.1 Å². The van der Waals surface area contributed by atoms with Crippen molar-refractivity contribution in [3.8, 4) is 17.5 Å². The van der Waals surface area contributed by atoms with Gasteiger partial charge in [-0.2, -0.15) is 5.26 Å². The lowest BCUT2D eigenvalue weighted by Crippen LogP contribution is -2.16. The zero-order valence-corrected chi connectivity index (χ0v) is 18.4. The van der Waals surface area contributed by atoms with Gasteiger partial charge in [0.05, 0.1) is 11.4 Å². The van der Waals surface area contributed by atoms with Crippen molar-refractivity contribution in [1.29, 1.82) is 5.26 Å². The average Bonchev–Trinajstić information content (AvgIpc) is 3.33. The Kier molecular flexibility index (Phi) is 5.76. The predicted octanol–water partition coefficient (Wildman–Crippen LogP) is 4.87. The van der Waals surface area contributed by atoms with Crippen LogP contribution in [0.15, 0.2) is 73.7 Å². The van der Waals surface area contributed by atoms with Crippen LogP contribution in [0.1, 0.15) is 0 Å². The molecule has 1 aromatic heterocycles. The first kappa shape index (κ1) is 19.8. The standard InChI is InChI=1S/C20H14BrN5OS2/c1-26-15-8-4-5-9-17(15)29-19(26)13(10-22)16(27)11-28-20-23-18(24-25-20)12-6-2-3-7-14(12)21/h2-9H,11H2,1H3,(H,23,24,25)/b19-13-. The molecular weight excluding hydrogens is 470 g/mol. The third-order valence-corrected chi connectivity index (χ3v) is 7.04. The molecule has 0 spiro atoms. The minimum Gasteiger partial charge on any atom is -0.337 e. The van der Waals surface area contributed by atoms with E-state index in [0.29, 0.717) is 16.0 Å².